The van der Waals surface area contributed by atoms with Gasteiger partial charge in [0.1, 0.15) is 0 Å². The smallest absolute Gasteiger partial charge is 0.267 e. The predicted octanol–water partition coefficient (Wildman–Crippen LogP) is 2.81. The van der Waals surface area contributed by atoms with E-state index in [0.717, 1.165) is 24.8 Å². The van der Waals surface area contributed by atoms with E-state index in [4.69, 9.17) is 0 Å². The van der Waals surface area contributed by atoms with Crippen molar-refractivity contribution in [2.24, 2.45) is 5.10 Å². The van der Waals surface area contributed by atoms with Crippen LogP contribution in [0.4, 0.5) is 5.69 Å². The summed E-state index contributed by atoms with van der Waals surface area (Å²) in [6.45, 7) is 0. The lowest BCUT2D eigenvalue weighted by Crippen LogP contribution is -2.17. The third-order valence-electron chi connectivity index (χ3n) is 3.06. The lowest BCUT2D eigenvalue weighted by atomic mass is 10.0. The van der Waals surface area contributed by atoms with E-state index in [9.17, 15) is 14.9 Å². The fourth-order valence-corrected chi connectivity index (χ4v) is 1.95. The number of hydrazone groups is 1. The number of benzene rings is 1. The van der Waals surface area contributed by atoms with Gasteiger partial charge in [-0.15, -0.1) is 0 Å². The maximum absolute atomic E-state index is 11.8. The highest BCUT2D eigenvalue weighted by atomic mass is 16.6. The molecule has 1 N–H and O–H groups in total. The largest absolute Gasteiger partial charge is 0.271 e. The monoisotopic (exact) mass is 273 g/mol. The number of amides is 1. The Balaban J connectivity index is 1.92. The Morgan fingerprint density at radius 3 is 2.65 bits per heavy atom. The van der Waals surface area contributed by atoms with Crippen molar-refractivity contribution >= 4 is 17.8 Å². The summed E-state index contributed by atoms with van der Waals surface area (Å²) < 4.78 is 0. The third-order valence-corrected chi connectivity index (χ3v) is 3.06. The highest BCUT2D eigenvalue weighted by Crippen LogP contribution is 2.15. The molecule has 0 unspecified atom stereocenters. The van der Waals surface area contributed by atoms with Gasteiger partial charge in [0.25, 0.3) is 11.6 Å². The minimum atomic E-state index is -0.505. The number of nitrogens with one attached hydrogen (secondary N) is 1. The molecule has 0 fully saturated rings. The number of nitro groups is 1. The number of carbonyl (C=O) groups excluding carboxylic acids is 1. The number of carbonyl (C=O) groups is 1. The molecule has 0 bridgehead atoms. The Labute approximate surface area is 116 Å². The number of rotatable bonds is 4. The van der Waals surface area contributed by atoms with Crippen LogP contribution in [0.25, 0.3) is 0 Å². The molecule has 0 aliphatic heterocycles. The van der Waals surface area contributed by atoms with E-state index in [1.54, 1.807) is 6.21 Å². The van der Waals surface area contributed by atoms with Crippen molar-refractivity contribution in [3.63, 3.8) is 0 Å². The zero-order valence-electron chi connectivity index (χ0n) is 10.9. The van der Waals surface area contributed by atoms with Crippen molar-refractivity contribution in [3.8, 4) is 0 Å². The number of hydrogen-bond donors (Lipinski definition) is 1. The van der Waals surface area contributed by atoms with Gasteiger partial charge in [-0.1, -0.05) is 6.08 Å². The van der Waals surface area contributed by atoms with E-state index >= 15 is 0 Å². The number of allylic oxidation sites excluding steroid dienone is 2. The maximum atomic E-state index is 11.8. The topological polar surface area (TPSA) is 84.6 Å². The number of hydrogen-bond acceptors (Lipinski definition) is 4. The van der Waals surface area contributed by atoms with Crippen LogP contribution in [-0.2, 0) is 0 Å². The van der Waals surface area contributed by atoms with Gasteiger partial charge in [0.05, 0.1) is 11.1 Å². The average molecular weight is 273 g/mol. The van der Waals surface area contributed by atoms with Crippen molar-refractivity contribution in [1.82, 2.24) is 5.43 Å². The first-order valence-corrected chi connectivity index (χ1v) is 6.44. The second-order valence-corrected chi connectivity index (χ2v) is 4.53. The Bertz CT molecular complexity index is 562. The van der Waals surface area contributed by atoms with E-state index in [0.29, 0.717) is 5.56 Å². The van der Waals surface area contributed by atoms with Crippen LogP contribution in [0.2, 0.25) is 0 Å². The number of nitrogens with zero attached hydrogens (tertiary/aromatic N) is 2. The molecule has 20 heavy (non-hydrogen) atoms. The van der Waals surface area contributed by atoms with Crippen molar-refractivity contribution in [3.05, 3.63) is 51.6 Å². The van der Waals surface area contributed by atoms with Gasteiger partial charge < -0.3 is 0 Å². The first-order valence-electron chi connectivity index (χ1n) is 6.44. The summed E-state index contributed by atoms with van der Waals surface area (Å²) in [5, 5.41) is 14.4. The molecule has 0 aromatic heterocycles. The normalized spacial score (nSPS) is 14.9. The summed E-state index contributed by atoms with van der Waals surface area (Å²) in [6, 6.07) is 5.40. The van der Waals surface area contributed by atoms with Crippen LogP contribution < -0.4 is 5.43 Å². The molecule has 2 rings (SSSR count). The maximum Gasteiger partial charge on any atom is 0.271 e. The lowest BCUT2D eigenvalue weighted by Gasteiger charge is -2.07. The van der Waals surface area contributed by atoms with Gasteiger partial charge >= 0.3 is 0 Å². The van der Waals surface area contributed by atoms with Crippen molar-refractivity contribution < 1.29 is 9.72 Å². The zero-order valence-corrected chi connectivity index (χ0v) is 10.9. The molecule has 0 saturated heterocycles. The molecule has 6 nitrogen and oxygen atoms in total. The first kappa shape index (κ1) is 13.9. The molecular weight excluding hydrogens is 258 g/mol. The van der Waals surface area contributed by atoms with E-state index in [-0.39, 0.29) is 11.6 Å². The van der Waals surface area contributed by atoms with Gasteiger partial charge in [-0.3, -0.25) is 14.9 Å². The summed E-state index contributed by atoms with van der Waals surface area (Å²) in [6.07, 6.45) is 8.16. The molecule has 1 aliphatic rings. The summed E-state index contributed by atoms with van der Waals surface area (Å²) >= 11 is 0. The Kier molecular flexibility index (Phi) is 4.60. The number of non-ortho nitro benzene ring substituents is 1. The Morgan fingerprint density at radius 1 is 1.30 bits per heavy atom. The van der Waals surface area contributed by atoms with Crippen LogP contribution in [-0.4, -0.2) is 17.0 Å². The van der Waals surface area contributed by atoms with Crippen molar-refractivity contribution in [2.45, 2.75) is 25.7 Å². The molecule has 0 saturated carbocycles. The quantitative estimate of drug-likeness (QED) is 0.520. The Morgan fingerprint density at radius 2 is 2.05 bits per heavy atom. The SMILES string of the molecule is O=C(N/N=C\C1=CCCCC1)c1ccc([N+](=O)[O-])cc1. The predicted molar refractivity (Wildman–Crippen MR) is 75.6 cm³/mol. The average Bonchev–Trinajstić information content (AvgIpc) is 2.48. The van der Waals surface area contributed by atoms with Crippen LogP contribution in [0.15, 0.2) is 41.0 Å². The van der Waals surface area contributed by atoms with Crippen LogP contribution >= 0.6 is 0 Å². The van der Waals surface area contributed by atoms with Crippen molar-refractivity contribution in [1.29, 1.82) is 0 Å². The molecule has 104 valence electrons. The fraction of sp³-hybridized carbons (Fsp3) is 0.286. The van der Waals surface area contributed by atoms with Crippen LogP contribution in [0.3, 0.4) is 0 Å². The second-order valence-electron chi connectivity index (χ2n) is 4.53. The Hall–Kier alpha value is -2.50. The lowest BCUT2D eigenvalue weighted by molar-refractivity contribution is -0.384. The fourth-order valence-electron chi connectivity index (χ4n) is 1.95. The summed E-state index contributed by atoms with van der Waals surface area (Å²) in [7, 11) is 0. The molecule has 1 aromatic rings. The molecule has 1 amide bonds. The highest BCUT2D eigenvalue weighted by molar-refractivity contribution is 5.95. The molecule has 0 atom stereocenters. The van der Waals surface area contributed by atoms with Gasteiger partial charge in [0.2, 0.25) is 0 Å². The summed E-state index contributed by atoms with van der Waals surface area (Å²) in [5.74, 6) is -0.382. The van der Waals surface area contributed by atoms with Crippen LogP contribution in [0.5, 0.6) is 0 Å². The number of nitro benzene ring substituents is 1. The van der Waals surface area contributed by atoms with Gasteiger partial charge in [0.15, 0.2) is 0 Å². The summed E-state index contributed by atoms with van der Waals surface area (Å²) in [4.78, 5) is 21.8. The molecule has 1 aromatic carbocycles. The van der Waals surface area contributed by atoms with E-state index in [2.05, 4.69) is 16.6 Å². The van der Waals surface area contributed by atoms with E-state index in [1.165, 1.54) is 30.7 Å². The minimum Gasteiger partial charge on any atom is -0.267 e. The molecule has 6 heteroatoms. The third kappa shape index (κ3) is 3.74. The minimum absolute atomic E-state index is 0.0441. The van der Waals surface area contributed by atoms with Crippen LogP contribution in [0.1, 0.15) is 36.0 Å². The highest BCUT2D eigenvalue weighted by Gasteiger charge is 2.08. The second kappa shape index (κ2) is 6.60. The molecule has 0 spiro atoms. The molecule has 1 aliphatic carbocycles. The van der Waals surface area contributed by atoms with Gasteiger partial charge in [-0.25, -0.2) is 5.43 Å². The standard InChI is InChI=1S/C14H15N3O3/c18-14(12-6-8-13(9-7-12)17(19)20)16-15-10-11-4-2-1-3-5-11/h4,6-10H,1-3,5H2,(H,16,18)/b15-10-. The molecular formula is C14H15N3O3. The van der Waals surface area contributed by atoms with Gasteiger partial charge in [0, 0.05) is 17.7 Å². The molecule has 0 heterocycles. The van der Waals surface area contributed by atoms with Gasteiger partial charge in [-0.2, -0.15) is 5.10 Å². The molecule has 0 radical (unpaired) electrons. The first-order chi connectivity index (χ1) is 9.66. The van der Waals surface area contributed by atoms with Crippen molar-refractivity contribution in [2.75, 3.05) is 0 Å². The van der Waals surface area contributed by atoms with E-state index < -0.39 is 4.92 Å². The van der Waals surface area contributed by atoms with Gasteiger partial charge in [-0.05, 0) is 43.4 Å². The van der Waals surface area contributed by atoms with Crippen LogP contribution in [0, 0.1) is 10.1 Å². The zero-order chi connectivity index (χ0) is 14.4. The van der Waals surface area contributed by atoms with E-state index in [1.807, 2.05) is 0 Å². The summed E-state index contributed by atoms with van der Waals surface area (Å²) in [5.41, 5.74) is 3.83.